The summed E-state index contributed by atoms with van der Waals surface area (Å²) in [5, 5.41) is 11.7. The molecule has 1 saturated carbocycles. The van der Waals surface area contributed by atoms with Gasteiger partial charge in [-0.25, -0.2) is 4.39 Å². The Morgan fingerprint density at radius 1 is 1.19 bits per heavy atom. The highest BCUT2D eigenvalue weighted by Crippen LogP contribution is 2.42. The highest BCUT2D eigenvalue weighted by atomic mass is 19.1. The molecule has 0 radical (unpaired) electrons. The van der Waals surface area contributed by atoms with E-state index in [1.54, 1.807) is 6.07 Å². The molecule has 0 saturated heterocycles. The quantitative estimate of drug-likeness (QED) is 0.872. The number of nitrogens with one attached hydrogen (secondary N) is 1. The van der Waals surface area contributed by atoms with Crippen LogP contribution in [0.4, 0.5) is 10.1 Å². The Hall–Kier alpha value is -1.91. The SMILES string of the molecule is O=C(O)CC1(CC(=O)Nc2cccc(F)c2)CCCCC1. The van der Waals surface area contributed by atoms with Gasteiger partial charge in [0.15, 0.2) is 0 Å². The molecule has 0 atom stereocenters. The van der Waals surface area contributed by atoms with Crippen molar-refractivity contribution in [1.82, 2.24) is 0 Å². The van der Waals surface area contributed by atoms with E-state index in [1.807, 2.05) is 0 Å². The van der Waals surface area contributed by atoms with Gasteiger partial charge in [-0.05, 0) is 36.5 Å². The standard InChI is InChI=1S/C16H20FNO3/c17-12-5-4-6-13(9-12)18-14(19)10-16(11-15(20)21)7-2-1-3-8-16/h4-6,9H,1-3,7-8,10-11H2,(H,18,19)(H,20,21). The number of amides is 1. The van der Waals surface area contributed by atoms with Gasteiger partial charge in [-0.15, -0.1) is 0 Å². The number of halogens is 1. The molecule has 0 unspecified atom stereocenters. The summed E-state index contributed by atoms with van der Waals surface area (Å²) in [6.45, 7) is 0. The van der Waals surface area contributed by atoms with E-state index in [2.05, 4.69) is 5.32 Å². The van der Waals surface area contributed by atoms with E-state index in [-0.39, 0.29) is 18.7 Å². The average molecular weight is 293 g/mol. The number of rotatable bonds is 5. The Morgan fingerprint density at radius 3 is 2.52 bits per heavy atom. The first kappa shape index (κ1) is 15.5. The molecule has 0 spiro atoms. The van der Waals surface area contributed by atoms with Crippen LogP contribution >= 0.6 is 0 Å². The molecule has 0 aliphatic heterocycles. The zero-order chi connectivity index (χ0) is 15.3. The summed E-state index contributed by atoms with van der Waals surface area (Å²) in [4.78, 5) is 23.2. The number of anilines is 1. The molecular formula is C16H20FNO3. The van der Waals surface area contributed by atoms with Crippen LogP contribution in [0.3, 0.4) is 0 Å². The third-order valence-electron chi connectivity index (χ3n) is 4.08. The predicted molar refractivity (Wildman–Crippen MR) is 77.4 cm³/mol. The fraction of sp³-hybridized carbons (Fsp3) is 0.500. The lowest BCUT2D eigenvalue weighted by molar-refractivity contribution is -0.140. The minimum absolute atomic E-state index is 0.0174. The fourth-order valence-corrected chi connectivity index (χ4v) is 3.15. The number of carbonyl (C=O) groups is 2. The number of benzene rings is 1. The number of carboxylic acids is 1. The molecule has 1 amide bonds. The molecule has 1 aliphatic rings. The smallest absolute Gasteiger partial charge is 0.303 e. The number of aliphatic carboxylic acids is 1. The number of carboxylic acid groups (broad SMARTS) is 1. The molecular weight excluding hydrogens is 273 g/mol. The maximum atomic E-state index is 13.1. The van der Waals surface area contributed by atoms with Crippen LogP contribution in [0.2, 0.25) is 0 Å². The molecule has 2 rings (SSSR count). The second-order valence-electron chi connectivity index (χ2n) is 5.87. The Morgan fingerprint density at radius 2 is 1.90 bits per heavy atom. The van der Waals surface area contributed by atoms with Gasteiger partial charge >= 0.3 is 5.97 Å². The molecule has 0 heterocycles. The van der Waals surface area contributed by atoms with Gasteiger partial charge in [0.1, 0.15) is 5.82 Å². The van der Waals surface area contributed by atoms with E-state index in [0.717, 1.165) is 32.1 Å². The predicted octanol–water partition coefficient (Wildman–Crippen LogP) is 3.58. The van der Waals surface area contributed by atoms with Crippen LogP contribution in [-0.4, -0.2) is 17.0 Å². The van der Waals surface area contributed by atoms with Gasteiger partial charge in [0, 0.05) is 12.1 Å². The van der Waals surface area contributed by atoms with Crippen molar-refractivity contribution in [2.75, 3.05) is 5.32 Å². The average Bonchev–Trinajstić information content (AvgIpc) is 2.38. The van der Waals surface area contributed by atoms with Crippen LogP contribution in [0.25, 0.3) is 0 Å². The van der Waals surface area contributed by atoms with E-state index in [9.17, 15) is 14.0 Å². The highest BCUT2D eigenvalue weighted by molar-refractivity contribution is 5.91. The zero-order valence-electron chi connectivity index (χ0n) is 11.9. The molecule has 1 aromatic rings. The second kappa shape index (κ2) is 6.70. The van der Waals surface area contributed by atoms with Crippen LogP contribution < -0.4 is 5.32 Å². The number of hydrogen-bond donors (Lipinski definition) is 2. The van der Waals surface area contributed by atoms with Gasteiger partial charge in [0.2, 0.25) is 5.91 Å². The summed E-state index contributed by atoms with van der Waals surface area (Å²) in [5.41, 5.74) is -0.0529. The van der Waals surface area contributed by atoms with Gasteiger partial charge in [-0.1, -0.05) is 25.3 Å². The lowest BCUT2D eigenvalue weighted by Gasteiger charge is -2.35. The minimum atomic E-state index is -0.865. The molecule has 21 heavy (non-hydrogen) atoms. The van der Waals surface area contributed by atoms with Gasteiger partial charge in [-0.3, -0.25) is 9.59 Å². The summed E-state index contributed by atoms with van der Waals surface area (Å²) in [6, 6.07) is 5.70. The highest BCUT2D eigenvalue weighted by Gasteiger charge is 2.36. The molecule has 0 bridgehead atoms. The lowest BCUT2D eigenvalue weighted by atomic mass is 9.69. The number of hydrogen-bond acceptors (Lipinski definition) is 2. The van der Waals surface area contributed by atoms with Crippen molar-refractivity contribution in [2.24, 2.45) is 5.41 Å². The largest absolute Gasteiger partial charge is 0.481 e. The topological polar surface area (TPSA) is 66.4 Å². The zero-order valence-corrected chi connectivity index (χ0v) is 11.9. The first-order valence-electron chi connectivity index (χ1n) is 7.26. The van der Waals surface area contributed by atoms with Crippen molar-refractivity contribution in [2.45, 2.75) is 44.9 Å². The molecule has 5 heteroatoms. The van der Waals surface area contributed by atoms with Crippen LogP contribution in [0.15, 0.2) is 24.3 Å². The first-order valence-corrected chi connectivity index (χ1v) is 7.26. The summed E-state index contributed by atoms with van der Waals surface area (Å²) in [5.74, 6) is -1.52. The molecule has 1 aliphatic carbocycles. The van der Waals surface area contributed by atoms with Gasteiger partial charge in [0.05, 0.1) is 6.42 Å². The summed E-state index contributed by atoms with van der Waals surface area (Å²) in [6.07, 6.45) is 4.72. The Balaban J connectivity index is 2.02. The van der Waals surface area contributed by atoms with Crippen LogP contribution in [0.1, 0.15) is 44.9 Å². The van der Waals surface area contributed by atoms with E-state index >= 15 is 0 Å². The van der Waals surface area contributed by atoms with Gasteiger partial charge in [-0.2, -0.15) is 0 Å². The minimum Gasteiger partial charge on any atom is -0.481 e. The van der Waals surface area contributed by atoms with Gasteiger partial charge < -0.3 is 10.4 Å². The second-order valence-corrected chi connectivity index (χ2v) is 5.87. The van der Waals surface area contributed by atoms with Crippen LogP contribution in [-0.2, 0) is 9.59 Å². The fourth-order valence-electron chi connectivity index (χ4n) is 3.15. The monoisotopic (exact) mass is 293 g/mol. The molecule has 1 aromatic carbocycles. The van der Waals surface area contributed by atoms with Gasteiger partial charge in [0.25, 0.3) is 0 Å². The maximum Gasteiger partial charge on any atom is 0.303 e. The summed E-state index contributed by atoms with van der Waals surface area (Å²) >= 11 is 0. The Kier molecular flexibility index (Phi) is 4.94. The third-order valence-corrected chi connectivity index (χ3v) is 4.08. The van der Waals surface area contributed by atoms with Crippen molar-refractivity contribution < 1.29 is 19.1 Å². The Labute approximate surface area is 123 Å². The van der Waals surface area contributed by atoms with Crippen molar-refractivity contribution in [3.63, 3.8) is 0 Å². The van der Waals surface area contributed by atoms with E-state index in [0.29, 0.717) is 5.69 Å². The first-order chi connectivity index (χ1) is 9.99. The van der Waals surface area contributed by atoms with E-state index in [4.69, 9.17) is 5.11 Å². The normalized spacial score (nSPS) is 17.2. The molecule has 1 fully saturated rings. The van der Waals surface area contributed by atoms with Crippen molar-refractivity contribution in [3.05, 3.63) is 30.1 Å². The van der Waals surface area contributed by atoms with Crippen LogP contribution in [0.5, 0.6) is 0 Å². The van der Waals surface area contributed by atoms with Crippen LogP contribution in [0, 0.1) is 11.2 Å². The molecule has 114 valence electrons. The van der Waals surface area contributed by atoms with E-state index < -0.39 is 17.2 Å². The van der Waals surface area contributed by atoms with Crippen molar-refractivity contribution in [3.8, 4) is 0 Å². The lowest BCUT2D eigenvalue weighted by Crippen LogP contribution is -2.32. The van der Waals surface area contributed by atoms with Crippen molar-refractivity contribution >= 4 is 17.6 Å². The summed E-state index contributed by atoms with van der Waals surface area (Å²) < 4.78 is 13.1. The third kappa shape index (κ3) is 4.55. The number of carbonyl (C=O) groups excluding carboxylic acids is 1. The molecule has 4 nitrogen and oxygen atoms in total. The van der Waals surface area contributed by atoms with Crippen molar-refractivity contribution in [1.29, 1.82) is 0 Å². The Bertz CT molecular complexity index is 524. The van der Waals surface area contributed by atoms with E-state index in [1.165, 1.54) is 18.2 Å². The summed E-state index contributed by atoms with van der Waals surface area (Å²) in [7, 11) is 0. The molecule has 2 N–H and O–H groups in total. The molecule has 0 aromatic heterocycles. The maximum absolute atomic E-state index is 13.1.